The molecule has 71 heavy (non-hydrogen) atoms. The molecule has 0 saturated carbocycles. The third-order valence-electron chi connectivity index (χ3n) is 13.6. The number of nitrogens with zero attached hydrogens (tertiary/aromatic N) is 3. The molecule has 10 rings (SSSR count). The second-order valence-electron chi connectivity index (χ2n) is 20.2. The fraction of sp³-hybridized carbons (Fsp3) is 0.182. The number of fused-ring (bicyclic) bond motifs is 1. The summed E-state index contributed by atoms with van der Waals surface area (Å²) < 4.78 is 29.4. The van der Waals surface area contributed by atoms with Gasteiger partial charge in [-0.1, -0.05) is 204 Å². The van der Waals surface area contributed by atoms with Gasteiger partial charge in [0.05, 0.1) is 22.3 Å². The molecule has 8 aromatic carbocycles. The molecule has 0 aliphatic rings. The second kappa shape index (κ2) is 19.9. The molecule has 0 spiro atoms. The number of rotatable bonds is 10. The number of pyridine rings is 1. The molecule has 5 heteroatoms. The van der Waals surface area contributed by atoms with Gasteiger partial charge in [-0.3, -0.25) is 9.55 Å². The number of hydrogen-bond donors (Lipinski definition) is 1. The Hall–Kier alpha value is -7.13. The van der Waals surface area contributed by atoms with Crippen LogP contribution in [0.4, 0.5) is 0 Å². The molecule has 1 N–H and O–H groups in total. The normalized spacial score (nSPS) is 12.5. The second-order valence-corrected chi connectivity index (χ2v) is 20.2. The molecule has 0 amide bonds. The van der Waals surface area contributed by atoms with Crippen molar-refractivity contribution in [2.75, 3.05) is 0 Å². The van der Waals surface area contributed by atoms with Crippen molar-refractivity contribution in [1.29, 1.82) is 0 Å². The molecule has 0 fully saturated rings. The maximum Gasteiger partial charge on any atom is 0.148 e. The van der Waals surface area contributed by atoms with Gasteiger partial charge in [0.2, 0.25) is 0 Å². The van der Waals surface area contributed by atoms with E-state index in [9.17, 15) is 5.11 Å². The van der Waals surface area contributed by atoms with Crippen LogP contribution in [0.25, 0.3) is 95.0 Å². The molecule has 356 valence electrons. The van der Waals surface area contributed by atoms with Crippen LogP contribution in [0.3, 0.4) is 0 Å². The number of phenolic OH excluding ortho intramolecular Hbond substituents is 1. The average Bonchev–Trinajstić information content (AvgIpc) is 3.79. The van der Waals surface area contributed by atoms with Crippen molar-refractivity contribution >= 4 is 11.0 Å². The van der Waals surface area contributed by atoms with Gasteiger partial charge in [-0.05, 0) is 117 Å². The number of aromatic hydroxyl groups is 1. The first-order valence-corrected chi connectivity index (χ1v) is 24.3. The van der Waals surface area contributed by atoms with Gasteiger partial charge in [0.1, 0.15) is 11.6 Å². The number of benzene rings is 8. The van der Waals surface area contributed by atoms with E-state index in [2.05, 4.69) is 157 Å². The topological polar surface area (TPSA) is 50.9 Å². The predicted molar refractivity (Wildman–Crippen MR) is 294 cm³/mol. The van der Waals surface area contributed by atoms with Gasteiger partial charge in [0.15, 0.2) is 0 Å². The van der Waals surface area contributed by atoms with Crippen molar-refractivity contribution < 1.29 is 30.3 Å². The van der Waals surface area contributed by atoms with Gasteiger partial charge in [0, 0.05) is 42.6 Å². The van der Waals surface area contributed by atoms with Crippen molar-refractivity contribution in [3.05, 3.63) is 216 Å². The van der Waals surface area contributed by atoms with E-state index in [1.807, 2.05) is 91.1 Å². The van der Waals surface area contributed by atoms with E-state index in [0.717, 1.165) is 83.5 Å². The largest absolute Gasteiger partial charge is 0.507 e. The Morgan fingerprint density at radius 2 is 1.23 bits per heavy atom. The molecular formula is C66H60N3OPt-. The molecule has 2 aromatic heterocycles. The van der Waals surface area contributed by atoms with Gasteiger partial charge < -0.3 is 5.11 Å². The number of aryl methyl sites for hydroxylation is 2. The zero-order valence-corrected chi connectivity index (χ0v) is 43.9. The predicted octanol–water partition coefficient (Wildman–Crippen LogP) is 17.8. The number of hydrogen-bond acceptors (Lipinski definition) is 3. The summed E-state index contributed by atoms with van der Waals surface area (Å²) in [6.45, 7) is 14.6. The molecule has 2 heterocycles. The van der Waals surface area contributed by atoms with Crippen molar-refractivity contribution in [2.45, 2.75) is 79.5 Å². The third kappa shape index (κ3) is 9.71. The van der Waals surface area contributed by atoms with E-state index in [1.54, 1.807) is 0 Å². The standard InChI is InChI=1S/C66H60N3O.Pt/c1-41(2)50-37-56(42(3)4)64(70)59(38-50)65-68-63-55(52-34-51(45-17-12-10-13-18-45)35-53(36-52)60-39-49(31-32-67-60)46-25-23-43(5)24-26-46)21-16-22-61(63)69(65)62-33-44(6)57(40-58(62)47-19-14-11-15-20-47)48-27-29-54(30-28-48)66(7,8)9;/h10-35,37-42,70H,1-9H3;/q-1;/i6D3;. The van der Waals surface area contributed by atoms with Crippen LogP contribution < -0.4 is 0 Å². The van der Waals surface area contributed by atoms with Crippen LogP contribution in [-0.2, 0) is 26.5 Å². The van der Waals surface area contributed by atoms with Crippen molar-refractivity contribution in [1.82, 2.24) is 14.5 Å². The Kier molecular flexibility index (Phi) is 12.6. The summed E-state index contributed by atoms with van der Waals surface area (Å²) in [5.41, 5.74) is 17.6. The van der Waals surface area contributed by atoms with Gasteiger partial charge in [-0.25, -0.2) is 4.98 Å². The number of aromatic nitrogens is 3. The van der Waals surface area contributed by atoms with Crippen LogP contribution in [0, 0.1) is 19.8 Å². The maximum atomic E-state index is 12.5. The van der Waals surface area contributed by atoms with Crippen LogP contribution in [0.15, 0.2) is 182 Å². The van der Waals surface area contributed by atoms with Gasteiger partial charge in [0.25, 0.3) is 0 Å². The number of para-hydroxylation sites is 1. The summed E-state index contributed by atoms with van der Waals surface area (Å²) in [4.78, 5) is 10.6. The summed E-state index contributed by atoms with van der Waals surface area (Å²) in [6, 6.07) is 63.7. The Labute approximate surface area is 438 Å². The first-order valence-electron chi connectivity index (χ1n) is 25.8. The molecule has 0 bridgehead atoms. The summed E-state index contributed by atoms with van der Waals surface area (Å²) in [6.07, 6.45) is 1.86. The molecule has 0 saturated heterocycles. The fourth-order valence-corrected chi connectivity index (χ4v) is 9.53. The molecule has 0 aliphatic carbocycles. The number of phenols is 1. The zero-order valence-electron chi connectivity index (χ0n) is 44.6. The van der Waals surface area contributed by atoms with Gasteiger partial charge >= 0.3 is 0 Å². The monoisotopic (exact) mass is 1110 g/mol. The first kappa shape index (κ1) is 45.0. The van der Waals surface area contributed by atoms with Crippen LogP contribution in [0.1, 0.15) is 92.2 Å². The molecule has 0 unspecified atom stereocenters. The SMILES string of the molecule is [2H]C([2H])([2H])c1cc(-n2c(-c3cc(C(C)C)cc(C(C)C)c3O)nc3c(-c4[c-]c(-c5cc(-c6ccc(C)cc6)ccn5)cc(-c5ccccc5)c4)cccc32)c(-c2ccccc2)cc1-c1ccc(C(C)(C)C)cc1.[Pt]. The smallest absolute Gasteiger partial charge is 0.148 e. The molecule has 0 aliphatic heterocycles. The number of imidazole rings is 1. The summed E-state index contributed by atoms with van der Waals surface area (Å²) >= 11 is 0. The third-order valence-corrected chi connectivity index (χ3v) is 13.6. The molecule has 0 atom stereocenters. The minimum absolute atomic E-state index is 0. The van der Waals surface area contributed by atoms with Crippen molar-refractivity contribution in [3.8, 4) is 89.7 Å². The molecule has 4 nitrogen and oxygen atoms in total. The maximum absolute atomic E-state index is 12.5. The quantitative estimate of drug-likeness (QED) is 0.139. The van der Waals surface area contributed by atoms with Crippen LogP contribution in [0.2, 0.25) is 0 Å². The molecular weight excluding hydrogens is 1050 g/mol. The van der Waals surface area contributed by atoms with Gasteiger partial charge in [-0.15, -0.1) is 23.8 Å². The Morgan fingerprint density at radius 3 is 1.89 bits per heavy atom. The van der Waals surface area contributed by atoms with Crippen LogP contribution in [-0.4, -0.2) is 19.6 Å². The van der Waals surface area contributed by atoms with Gasteiger partial charge in [-0.2, -0.15) is 0 Å². The van der Waals surface area contributed by atoms with E-state index in [0.29, 0.717) is 28.2 Å². The zero-order chi connectivity index (χ0) is 51.3. The van der Waals surface area contributed by atoms with E-state index in [4.69, 9.17) is 14.1 Å². The Balaban J connectivity index is 0.00000672. The molecule has 0 radical (unpaired) electrons. The average molecular weight is 1110 g/mol. The van der Waals surface area contributed by atoms with E-state index >= 15 is 0 Å². The minimum Gasteiger partial charge on any atom is -0.507 e. The van der Waals surface area contributed by atoms with Crippen LogP contribution >= 0.6 is 0 Å². The van der Waals surface area contributed by atoms with Crippen molar-refractivity contribution in [2.24, 2.45) is 0 Å². The fourth-order valence-electron chi connectivity index (χ4n) is 9.53. The van der Waals surface area contributed by atoms with Crippen molar-refractivity contribution in [3.63, 3.8) is 0 Å². The van der Waals surface area contributed by atoms with E-state index in [-0.39, 0.29) is 49.6 Å². The Bertz CT molecular complexity index is 3650. The Morgan fingerprint density at radius 1 is 0.577 bits per heavy atom. The van der Waals surface area contributed by atoms with E-state index in [1.165, 1.54) is 5.56 Å². The first-order chi connectivity index (χ1) is 34.9. The summed E-state index contributed by atoms with van der Waals surface area (Å²) in [5, 5.41) is 12.5. The van der Waals surface area contributed by atoms with Crippen LogP contribution in [0.5, 0.6) is 5.75 Å². The summed E-state index contributed by atoms with van der Waals surface area (Å²) in [7, 11) is 0. The molecule has 10 aromatic rings. The summed E-state index contributed by atoms with van der Waals surface area (Å²) in [5.74, 6) is 0.781. The van der Waals surface area contributed by atoms with E-state index < -0.39 is 6.85 Å². The minimum atomic E-state index is -2.50.